The van der Waals surface area contributed by atoms with E-state index in [2.05, 4.69) is 10.2 Å². The van der Waals surface area contributed by atoms with E-state index in [4.69, 9.17) is 0 Å². The fourth-order valence-electron chi connectivity index (χ4n) is 3.21. The molecule has 1 heterocycles. The number of rotatable bonds is 5. The number of hydrogen-bond acceptors (Lipinski definition) is 3. The SMILES string of the molecule is CCN(CC)C(=O)C(C)(c1ccccc1F)N1CCNCC1. The molecule has 0 saturated carbocycles. The van der Waals surface area contributed by atoms with Crippen LogP contribution in [0.2, 0.25) is 0 Å². The molecule has 1 aliphatic heterocycles. The number of carbonyl (C=O) groups is 1. The summed E-state index contributed by atoms with van der Waals surface area (Å²) in [6, 6.07) is 6.64. The molecule has 1 amide bonds. The van der Waals surface area contributed by atoms with Gasteiger partial charge in [-0.2, -0.15) is 0 Å². The first-order valence-electron chi connectivity index (χ1n) is 8.05. The summed E-state index contributed by atoms with van der Waals surface area (Å²) in [5.74, 6) is -0.339. The molecule has 122 valence electrons. The number of halogens is 1. The molecule has 1 aromatic rings. The first-order chi connectivity index (χ1) is 10.6. The van der Waals surface area contributed by atoms with E-state index in [1.807, 2.05) is 20.8 Å². The van der Waals surface area contributed by atoms with Gasteiger partial charge in [0.25, 0.3) is 0 Å². The lowest BCUT2D eigenvalue weighted by Crippen LogP contribution is -2.60. The van der Waals surface area contributed by atoms with E-state index in [0.29, 0.717) is 18.7 Å². The molecule has 0 aromatic heterocycles. The number of amides is 1. The normalized spacial score (nSPS) is 18.7. The van der Waals surface area contributed by atoms with E-state index >= 15 is 0 Å². The summed E-state index contributed by atoms with van der Waals surface area (Å²) >= 11 is 0. The minimum atomic E-state index is -0.959. The van der Waals surface area contributed by atoms with E-state index in [-0.39, 0.29) is 11.7 Å². The Hall–Kier alpha value is -1.46. The molecule has 1 atom stereocenters. The average molecular weight is 307 g/mol. The van der Waals surface area contributed by atoms with E-state index in [9.17, 15) is 9.18 Å². The Morgan fingerprint density at radius 2 is 1.86 bits per heavy atom. The average Bonchev–Trinajstić information content (AvgIpc) is 2.56. The van der Waals surface area contributed by atoms with Gasteiger partial charge in [0, 0.05) is 44.8 Å². The Bertz CT molecular complexity index is 512. The van der Waals surface area contributed by atoms with Crippen molar-refractivity contribution < 1.29 is 9.18 Å². The zero-order valence-electron chi connectivity index (χ0n) is 13.7. The molecule has 1 aliphatic rings. The Morgan fingerprint density at radius 1 is 1.27 bits per heavy atom. The highest BCUT2D eigenvalue weighted by molar-refractivity contribution is 5.87. The minimum absolute atomic E-state index is 0.0236. The Labute approximate surface area is 132 Å². The van der Waals surface area contributed by atoms with Gasteiger partial charge >= 0.3 is 0 Å². The molecule has 0 bridgehead atoms. The minimum Gasteiger partial charge on any atom is -0.341 e. The third kappa shape index (κ3) is 3.01. The van der Waals surface area contributed by atoms with E-state index < -0.39 is 5.54 Å². The van der Waals surface area contributed by atoms with Crippen molar-refractivity contribution in [1.29, 1.82) is 0 Å². The van der Waals surface area contributed by atoms with Gasteiger partial charge in [0.15, 0.2) is 0 Å². The number of piperazine rings is 1. The first-order valence-corrected chi connectivity index (χ1v) is 8.05. The van der Waals surface area contributed by atoms with Crippen LogP contribution in [0.1, 0.15) is 26.3 Å². The number of hydrogen-bond donors (Lipinski definition) is 1. The van der Waals surface area contributed by atoms with Crippen LogP contribution in [0.3, 0.4) is 0 Å². The monoisotopic (exact) mass is 307 g/mol. The molecule has 22 heavy (non-hydrogen) atoms. The second-order valence-corrected chi connectivity index (χ2v) is 5.77. The maximum Gasteiger partial charge on any atom is 0.247 e. The number of carbonyl (C=O) groups excluding carboxylic acids is 1. The third-order valence-corrected chi connectivity index (χ3v) is 4.61. The molecule has 1 unspecified atom stereocenters. The van der Waals surface area contributed by atoms with Crippen LogP contribution >= 0.6 is 0 Å². The number of benzene rings is 1. The lowest BCUT2D eigenvalue weighted by molar-refractivity contribution is -0.145. The number of likely N-dealkylation sites (N-methyl/N-ethyl adjacent to an activating group) is 1. The molecule has 1 fully saturated rings. The van der Waals surface area contributed by atoms with Crippen LogP contribution in [-0.4, -0.2) is 55.0 Å². The van der Waals surface area contributed by atoms with Crippen molar-refractivity contribution in [3.8, 4) is 0 Å². The Kier molecular flexibility index (Phi) is 5.53. The summed E-state index contributed by atoms with van der Waals surface area (Å²) in [4.78, 5) is 17.1. The zero-order chi connectivity index (χ0) is 16.2. The summed E-state index contributed by atoms with van der Waals surface area (Å²) in [5.41, 5.74) is -0.492. The molecule has 0 spiro atoms. The van der Waals surface area contributed by atoms with Crippen LogP contribution in [-0.2, 0) is 10.3 Å². The van der Waals surface area contributed by atoms with Crippen molar-refractivity contribution in [2.45, 2.75) is 26.3 Å². The largest absolute Gasteiger partial charge is 0.341 e. The lowest BCUT2D eigenvalue weighted by Gasteiger charge is -2.44. The van der Waals surface area contributed by atoms with Crippen LogP contribution in [0.25, 0.3) is 0 Å². The smallest absolute Gasteiger partial charge is 0.247 e. The van der Waals surface area contributed by atoms with Gasteiger partial charge in [-0.25, -0.2) is 4.39 Å². The van der Waals surface area contributed by atoms with E-state index in [0.717, 1.165) is 26.2 Å². The maximum absolute atomic E-state index is 14.5. The van der Waals surface area contributed by atoms with Gasteiger partial charge in [0.05, 0.1) is 0 Å². The van der Waals surface area contributed by atoms with Gasteiger partial charge in [-0.1, -0.05) is 18.2 Å². The fourth-order valence-corrected chi connectivity index (χ4v) is 3.21. The predicted octanol–water partition coefficient (Wildman–Crippen LogP) is 1.81. The van der Waals surface area contributed by atoms with Crippen molar-refractivity contribution in [2.75, 3.05) is 39.3 Å². The molecule has 2 rings (SSSR count). The van der Waals surface area contributed by atoms with Crippen molar-refractivity contribution in [3.05, 3.63) is 35.6 Å². The zero-order valence-corrected chi connectivity index (χ0v) is 13.7. The van der Waals surface area contributed by atoms with Crippen LogP contribution in [0, 0.1) is 5.82 Å². The highest BCUT2D eigenvalue weighted by atomic mass is 19.1. The van der Waals surface area contributed by atoms with Crippen molar-refractivity contribution in [3.63, 3.8) is 0 Å². The first kappa shape index (κ1) is 16.9. The quantitative estimate of drug-likeness (QED) is 0.901. The highest BCUT2D eigenvalue weighted by Crippen LogP contribution is 2.32. The fraction of sp³-hybridized carbons (Fsp3) is 0.588. The van der Waals surface area contributed by atoms with Gasteiger partial charge in [-0.3, -0.25) is 9.69 Å². The lowest BCUT2D eigenvalue weighted by atomic mass is 9.87. The Balaban J connectivity index is 2.48. The molecule has 1 saturated heterocycles. The van der Waals surface area contributed by atoms with Crippen molar-refractivity contribution in [2.24, 2.45) is 0 Å². The van der Waals surface area contributed by atoms with Crippen LogP contribution in [0.4, 0.5) is 4.39 Å². The molecule has 1 N–H and O–H groups in total. The second-order valence-electron chi connectivity index (χ2n) is 5.77. The summed E-state index contributed by atoms with van der Waals surface area (Å²) in [7, 11) is 0. The van der Waals surface area contributed by atoms with Gasteiger partial charge < -0.3 is 10.2 Å². The van der Waals surface area contributed by atoms with Gasteiger partial charge in [0.1, 0.15) is 11.4 Å². The number of nitrogens with zero attached hydrogens (tertiary/aromatic N) is 2. The third-order valence-electron chi connectivity index (χ3n) is 4.61. The predicted molar refractivity (Wildman–Crippen MR) is 86.1 cm³/mol. The van der Waals surface area contributed by atoms with Crippen LogP contribution in [0.5, 0.6) is 0 Å². The van der Waals surface area contributed by atoms with Gasteiger partial charge in [-0.15, -0.1) is 0 Å². The second kappa shape index (κ2) is 7.20. The molecular formula is C17H26FN3O. The van der Waals surface area contributed by atoms with Gasteiger partial charge in [0.2, 0.25) is 5.91 Å². The van der Waals surface area contributed by atoms with Crippen LogP contribution in [0.15, 0.2) is 24.3 Å². The summed E-state index contributed by atoms with van der Waals surface area (Å²) < 4.78 is 14.5. The van der Waals surface area contributed by atoms with Crippen molar-refractivity contribution >= 4 is 5.91 Å². The molecular weight excluding hydrogens is 281 g/mol. The van der Waals surface area contributed by atoms with Crippen molar-refractivity contribution in [1.82, 2.24) is 15.1 Å². The molecule has 0 radical (unpaired) electrons. The molecule has 1 aromatic carbocycles. The molecule has 5 heteroatoms. The molecule has 0 aliphatic carbocycles. The standard InChI is InChI=1S/C17H26FN3O/c1-4-20(5-2)16(22)17(3,21-12-10-19-11-13-21)14-8-6-7-9-15(14)18/h6-9,19H,4-5,10-13H2,1-3H3. The summed E-state index contributed by atoms with van der Waals surface area (Å²) in [6.07, 6.45) is 0. The topological polar surface area (TPSA) is 35.6 Å². The van der Waals surface area contributed by atoms with Crippen LogP contribution < -0.4 is 5.32 Å². The van der Waals surface area contributed by atoms with Gasteiger partial charge in [-0.05, 0) is 26.8 Å². The Morgan fingerprint density at radius 3 is 2.41 bits per heavy atom. The summed E-state index contributed by atoms with van der Waals surface area (Å²) in [6.45, 7) is 10.1. The molecule has 4 nitrogen and oxygen atoms in total. The van der Waals surface area contributed by atoms with E-state index in [1.165, 1.54) is 6.07 Å². The highest BCUT2D eigenvalue weighted by Gasteiger charge is 2.44. The van der Waals surface area contributed by atoms with E-state index in [1.54, 1.807) is 23.1 Å². The number of nitrogens with one attached hydrogen (secondary N) is 1. The summed E-state index contributed by atoms with van der Waals surface area (Å²) in [5, 5.41) is 3.29. The maximum atomic E-state index is 14.5.